The third-order valence-corrected chi connectivity index (χ3v) is 6.21. The molecular weight excluding hydrogens is 380 g/mol. The van der Waals surface area contributed by atoms with Crippen molar-refractivity contribution in [2.45, 2.75) is 37.1 Å². The van der Waals surface area contributed by atoms with E-state index in [1.54, 1.807) is 27.0 Å². The van der Waals surface area contributed by atoms with Gasteiger partial charge in [0, 0.05) is 13.7 Å². The molecule has 0 aliphatic carbocycles. The van der Waals surface area contributed by atoms with Gasteiger partial charge in [-0.2, -0.15) is 0 Å². The molecule has 1 aliphatic rings. The van der Waals surface area contributed by atoms with E-state index in [2.05, 4.69) is 10.0 Å². The Balaban J connectivity index is 0.00000338. The highest BCUT2D eigenvalue weighted by Crippen LogP contribution is 2.24. The third kappa shape index (κ3) is 4.95. The van der Waals surface area contributed by atoms with Crippen molar-refractivity contribution in [3.8, 4) is 0 Å². The maximum atomic E-state index is 12.8. The number of methoxy groups -OCH3 is 2. The summed E-state index contributed by atoms with van der Waals surface area (Å²) in [5.74, 6) is -0.562. The van der Waals surface area contributed by atoms with Crippen LogP contribution in [0, 0.1) is 13.8 Å². The van der Waals surface area contributed by atoms with E-state index in [1.165, 1.54) is 13.2 Å². The van der Waals surface area contributed by atoms with Gasteiger partial charge in [0.15, 0.2) is 0 Å². The number of nitrogens with one attached hydrogen (secondary N) is 2. The van der Waals surface area contributed by atoms with Crippen molar-refractivity contribution in [2.75, 3.05) is 33.9 Å². The number of aryl methyl sites for hydroxylation is 1. The molecule has 2 N–H and O–H groups in total. The number of esters is 1. The van der Waals surface area contributed by atoms with Crippen molar-refractivity contribution < 1.29 is 22.7 Å². The summed E-state index contributed by atoms with van der Waals surface area (Å²) >= 11 is 0. The molecule has 9 heteroatoms. The average Bonchev–Trinajstić information content (AvgIpc) is 3.04. The minimum absolute atomic E-state index is 0. The van der Waals surface area contributed by atoms with Crippen LogP contribution in [0.5, 0.6) is 0 Å². The molecule has 1 atom stereocenters. The molecular formula is C17H27ClN2O5S. The van der Waals surface area contributed by atoms with Crippen molar-refractivity contribution >= 4 is 28.4 Å². The van der Waals surface area contributed by atoms with E-state index in [4.69, 9.17) is 9.47 Å². The summed E-state index contributed by atoms with van der Waals surface area (Å²) in [5, 5.41) is 3.33. The van der Waals surface area contributed by atoms with Crippen LogP contribution in [0.4, 0.5) is 0 Å². The van der Waals surface area contributed by atoms with Crippen LogP contribution in [0.3, 0.4) is 0 Å². The second kappa shape index (κ2) is 9.14. The third-order valence-electron chi connectivity index (χ3n) is 4.68. The Morgan fingerprint density at radius 1 is 1.31 bits per heavy atom. The van der Waals surface area contributed by atoms with E-state index in [0.29, 0.717) is 17.7 Å². The molecule has 1 aromatic rings. The number of sulfonamides is 1. The molecule has 0 aromatic heterocycles. The van der Waals surface area contributed by atoms with Gasteiger partial charge in [-0.15, -0.1) is 12.4 Å². The molecule has 1 aliphatic heterocycles. The van der Waals surface area contributed by atoms with Crippen LogP contribution in [0.15, 0.2) is 17.0 Å². The topological polar surface area (TPSA) is 93.7 Å². The Bertz CT molecular complexity index is 746. The number of carbonyl (C=O) groups excluding carboxylic acids is 1. The molecule has 1 fully saturated rings. The summed E-state index contributed by atoms with van der Waals surface area (Å²) in [5.41, 5.74) is 1.15. The molecule has 148 valence electrons. The van der Waals surface area contributed by atoms with E-state index in [1.807, 2.05) is 0 Å². The highest BCUT2D eigenvalue weighted by molar-refractivity contribution is 7.89. The summed E-state index contributed by atoms with van der Waals surface area (Å²) in [6, 6.07) is 2.99. The van der Waals surface area contributed by atoms with Gasteiger partial charge in [0.05, 0.1) is 29.7 Å². The fourth-order valence-corrected chi connectivity index (χ4v) is 4.59. The second-order valence-electron chi connectivity index (χ2n) is 6.48. The van der Waals surface area contributed by atoms with Gasteiger partial charge in [0.1, 0.15) is 0 Å². The van der Waals surface area contributed by atoms with Gasteiger partial charge >= 0.3 is 5.97 Å². The number of carbonyl (C=O) groups is 1. The fraction of sp³-hybridized carbons (Fsp3) is 0.588. The monoisotopic (exact) mass is 406 g/mol. The van der Waals surface area contributed by atoms with Gasteiger partial charge in [-0.25, -0.2) is 17.9 Å². The lowest BCUT2D eigenvalue weighted by Gasteiger charge is -2.29. The van der Waals surface area contributed by atoms with Gasteiger partial charge in [0.2, 0.25) is 10.0 Å². The smallest absolute Gasteiger partial charge is 0.337 e. The lowest BCUT2D eigenvalue weighted by Crippen LogP contribution is -2.52. The Hall–Kier alpha value is -1.19. The molecule has 1 unspecified atom stereocenters. The molecule has 2 rings (SSSR count). The number of hydrogen-bond acceptors (Lipinski definition) is 6. The van der Waals surface area contributed by atoms with E-state index >= 15 is 0 Å². The van der Waals surface area contributed by atoms with Crippen molar-refractivity contribution in [1.82, 2.24) is 10.0 Å². The quantitative estimate of drug-likeness (QED) is 0.667. The zero-order chi connectivity index (χ0) is 18.7. The number of rotatable bonds is 7. The molecule has 1 aromatic carbocycles. The van der Waals surface area contributed by atoms with Crippen molar-refractivity contribution in [1.29, 1.82) is 0 Å². The summed E-state index contributed by atoms with van der Waals surface area (Å²) in [6.07, 6.45) is 1.81. The SMILES string of the molecule is COCC1(CNS(=O)(=O)c2cc(C(=O)OC)cc(C)c2C)CCCN1.Cl. The predicted molar refractivity (Wildman–Crippen MR) is 102 cm³/mol. The zero-order valence-corrected chi connectivity index (χ0v) is 17.2. The van der Waals surface area contributed by atoms with Gasteiger partial charge in [0.25, 0.3) is 0 Å². The van der Waals surface area contributed by atoms with Crippen molar-refractivity contribution in [2.24, 2.45) is 0 Å². The second-order valence-corrected chi connectivity index (χ2v) is 8.21. The Labute approximate surface area is 161 Å². The van der Waals surface area contributed by atoms with Gasteiger partial charge in [-0.3, -0.25) is 0 Å². The summed E-state index contributed by atoms with van der Waals surface area (Å²) < 4.78 is 38.3. The van der Waals surface area contributed by atoms with Crippen LogP contribution in [0.25, 0.3) is 0 Å². The summed E-state index contributed by atoms with van der Waals surface area (Å²) in [4.78, 5) is 11.9. The highest BCUT2D eigenvalue weighted by atomic mass is 35.5. The number of ether oxygens (including phenoxy) is 2. The lowest BCUT2D eigenvalue weighted by molar-refractivity contribution is 0.0600. The standard InChI is InChI=1S/C17H26N2O5S.ClH/c1-12-8-14(16(20)24-4)9-15(13(12)2)25(21,22)19-10-17(11-23-3)6-5-7-18-17;/h8-9,18-19H,5-7,10-11H2,1-4H3;1H. The molecule has 0 radical (unpaired) electrons. The van der Waals surface area contributed by atoms with E-state index in [9.17, 15) is 13.2 Å². The molecule has 26 heavy (non-hydrogen) atoms. The Morgan fingerprint density at radius 3 is 2.54 bits per heavy atom. The maximum Gasteiger partial charge on any atom is 0.337 e. The predicted octanol–water partition coefficient (Wildman–Crippen LogP) is 1.56. The van der Waals surface area contributed by atoms with E-state index < -0.39 is 21.5 Å². The minimum atomic E-state index is -3.77. The zero-order valence-electron chi connectivity index (χ0n) is 15.5. The maximum absolute atomic E-state index is 12.8. The highest BCUT2D eigenvalue weighted by Gasteiger charge is 2.35. The van der Waals surface area contributed by atoms with Crippen molar-refractivity contribution in [3.63, 3.8) is 0 Å². The molecule has 1 heterocycles. The first-order chi connectivity index (χ1) is 11.7. The molecule has 0 saturated carbocycles. The summed E-state index contributed by atoms with van der Waals surface area (Å²) in [7, 11) is -0.906. The van der Waals surface area contributed by atoms with Gasteiger partial charge in [-0.1, -0.05) is 0 Å². The largest absolute Gasteiger partial charge is 0.465 e. The first-order valence-electron chi connectivity index (χ1n) is 8.18. The number of benzene rings is 1. The van der Waals surface area contributed by atoms with Crippen LogP contribution < -0.4 is 10.0 Å². The Kier molecular flexibility index (Phi) is 8.04. The first kappa shape index (κ1) is 22.9. The molecule has 1 saturated heterocycles. The normalized spacial score (nSPS) is 19.8. The van der Waals surface area contributed by atoms with E-state index in [0.717, 1.165) is 19.4 Å². The van der Waals surface area contributed by atoms with Crippen molar-refractivity contribution in [3.05, 3.63) is 28.8 Å². The van der Waals surface area contributed by atoms with Crippen LogP contribution in [-0.4, -0.2) is 53.8 Å². The number of hydrogen-bond donors (Lipinski definition) is 2. The summed E-state index contributed by atoms with van der Waals surface area (Å²) in [6.45, 7) is 4.98. The first-order valence-corrected chi connectivity index (χ1v) is 9.66. The fourth-order valence-electron chi connectivity index (χ4n) is 3.12. The number of halogens is 1. The van der Waals surface area contributed by atoms with Crippen LogP contribution in [0.2, 0.25) is 0 Å². The Morgan fingerprint density at radius 2 is 2.00 bits per heavy atom. The molecule has 0 amide bonds. The lowest BCUT2D eigenvalue weighted by atomic mass is 9.99. The molecule has 0 bridgehead atoms. The van der Waals surface area contributed by atoms with Crippen LogP contribution in [-0.2, 0) is 19.5 Å². The minimum Gasteiger partial charge on any atom is -0.465 e. The average molecular weight is 407 g/mol. The van der Waals surface area contributed by atoms with E-state index in [-0.39, 0.29) is 29.4 Å². The van der Waals surface area contributed by atoms with Gasteiger partial charge in [-0.05, 0) is 56.5 Å². The molecule has 0 spiro atoms. The van der Waals surface area contributed by atoms with Gasteiger partial charge < -0.3 is 14.8 Å². The molecule has 7 nitrogen and oxygen atoms in total. The van der Waals surface area contributed by atoms with Crippen LogP contribution >= 0.6 is 12.4 Å². The van der Waals surface area contributed by atoms with Crippen LogP contribution in [0.1, 0.15) is 34.3 Å².